The fourth-order valence-corrected chi connectivity index (χ4v) is 1.97. The van der Waals surface area contributed by atoms with Crippen molar-refractivity contribution in [3.05, 3.63) is 47.0 Å². The number of rotatable bonds is 3. The number of nitrogens with zero attached hydrogens (tertiary/aromatic N) is 2. The molecule has 1 atom stereocenters. The summed E-state index contributed by atoms with van der Waals surface area (Å²) >= 11 is 0.961. The number of hydrogen-bond acceptors (Lipinski definition) is 4. The molecule has 0 radical (unpaired) electrons. The molecule has 0 aliphatic heterocycles. The molecule has 17 heavy (non-hydrogen) atoms. The van der Waals surface area contributed by atoms with Gasteiger partial charge >= 0.3 is 0 Å². The Morgan fingerprint density at radius 1 is 1.24 bits per heavy atom. The Balaban J connectivity index is 2.49. The number of halogens is 3. The van der Waals surface area contributed by atoms with E-state index in [-0.39, 0.29) is 5.56 Å². The predicted octanol–water partition coefficient (Wildman–Crippen LogP) is 2.26. The first-order chi connectivity index (χ1) is 8.15. The normalized spacial score (nSPS) is 12.7. The average Bonchev–Trinajstić information content (AvgIpc) is 2.84. The summed E-state index contributed by atoms with van der Waals surface area (Å²) in [5, 5.41) is 2.78. The van der Waals surface area contributed by atoms with Gasteiger partial charge in [0, 0.05) is 5.56 Å². The molecule has 90 valence electrons. The highest BCUT2D eigenvalue weighted by Gasteiger charge is 2.22. The van der Waals surface area contributed by atoms with Gasteiger partial charge in [-0.25, -0.2) is 13.2 Å². The van der Waals surface area contributed by atoms with E-state index in [9.17, 15) is 13.2 Å². The molecule has 0 spiro atoms. The molecule has 1 unspecified atom stereocenters. The highest BCUT2D eigenvalue weighted by molar-refractivity contribution is 6.99. The second kappa shape index (κ2) is 4.80. The Kier molecular flexibility index (Phi) is 3.39. The Bertz CT molecular complexity index is 516. The topological polar surface area (TPSA) is 37.8 Å². The van der Waals surface area contributed by atoms with E-state index in [1.165, 1.54) is 12.3 Å². The molecule has 7 heteroatoms. The van der Waals surface area contributed by atoms with E-state index in [1.54, 1.807) is 7.05 Å². The molecule has 0 saturated carbocycles. The molecule has 3 nitrogen and oxygen atoms in total. The minimum Gasteiger partial charge on any atom is -0.308 e. The highest BCUT2D eigenvalue weighted by atomic mass is 32.1. The van der Waals surface area contributed by atoms with Gasteiger partial charge in [-0.1, -0.05) is 6.07 Å². The zero-order valence-corrected chi connectivity index (χ0v) is 9.56. The fourth-order valence-electron chi connectivity index (χ4n) is 1.53. The van der Waals surface area contributed by atoms with Gasteiger partial charge in [0.1, 0.15) is 0 Å². The van der Waals surface area contributed by atoms with Crippen molar-refractivity contribution in [1.29, 1.82) is 0 Å². The van der Waals surface area contributed by atoms with Gasteiger partial charge in [0.25, 0.3) is 0 Å². The summed E-state index contributed by atoms with van der Waals surface area (Å²) in [4.78, 5) is 0. The van der Waals surface area contributed by atoms with Gasteiger partial charge in [0.05, 0.1) is 29.7 Å². The maximum absolute atomic E-state index is 13.6. The van der Waals surface area contributed by atoms with Gasteiger partial charge in [-0.2, -0.15) is 8.75 Å². The molecule has 0 aliphatic rings. The van der Waals surface area contributed by atoms with Crippen molar-refractivity contribution in [2.24, 2.45) is 0 Å². The lowest BCUT2D eigenvalue weighted by Crippen LogP contribution is -2.20. The van der Waals surface area contributed by atoms with E-state index in [0.29, 0.717) is 5.69 Å². The van der Waals surface area contributed by atoms with Crippen molar-refractivity contribution >= 4 is 11.7 Å². The van der Waals surface area contributed by atoms with Gasteiger partial charge in [-0.15, -0.1) is 0 Å². The van der Waals surface area contributed by atoms with E-state index in [2.05, 4.69) is 14.1 Å². The zero-order chi connectivity index (χ0) is 12.4. The van der Waals surface area contributed by atoms with Gasteiger partial charge < -0.3 is 5.32 Å². The fraction of sp³-hybridized carbons (Fsp3) is 0.200. The van der Waals surface area contributed by atoms with E-state index in [1.807, 2.05) is 0 Å². The Morgan fingerprint density at radius 3 is 2.59 bits per heavy atom. The first-order valence-corrected chi connectivity index (χ1v) is 5.46. The molecular weight excluding hydrogens is 251 g/mol. The van der Waals surface area contributed by atoms with Crippen LogP contribution in [0.3, 0.4) is 0 Å². The minimum atomic E-state index is -1.48. The predicted molar refractivity (Wildman–Crippen MR) is 57.1 cm³/mol. The van der Waals surface area contributed by atoms with Crippen molar-refractivity contribution < 1.29 is 13.2 Å². The molecule has 0 amide bonds. The number of aromatic nitrogens is 2. The second-order valence-corrected chi connectivity index (χ2v) is 3.88. The van der Waals surface area contributed by atoms with Gasteiger partial charge in [0.15, 0.2) is 17.5 Å². The quantitative estimate of drug-likeness (QED) is 0.859. The van der Waals surface area contributed by atoms with Crippen molar-refractivity contribution in [1.82, 2.24) is 14.1 Å². The highest BCUT2D eigenvalue weighted by Crippen LogP contribution is 2.25. The van der Waals surface area contributed by atoms with Crippen molar-refractivity contribution in [3.8, 4) is 0 Å². The van der Waals surface area contributed by atoms with Gasteiger partial charge in [0.2, 0.25) is 0 Å². The standard InChI is InChI=1S/C10H8F3N3S/c1-14-10(7-4-15-17-16-7)5-2-3-6(11)9(13)8(5)12/h2-4,10,14H,1H3. The number of nitrogens with one attached hydrogen (secondary N) is 1. The lowest BCUT2D eigenvalue weighted by atomic mass is 10.0. The maximum atomic E-state index is 13.6. The van der Waals surface area contributed by atoms with Gasteiger partial charge in [-0.3, -0.25) is 0 Å². The van der Waals surface area contributed by atoms with Crippen molar-refractivity contribution in [2.45, 2.75) is 6.04 Å². The summed E-state index contributed by atoms with van der Waals surface area (Å²) in [6, 6.07) is 1.43. The first kappa shape index (κ1) is 12.0. The summed E-state index contributed by atoms with van der Waals surface area (Å²) < 4.78 is 47.2. The lowest BCUT2D eigenvalue weighted by Gasteiger charge is -2.14. The van der Waals surface area contributed by atoms with E-state index in [0.717, 1.165) is 17.8 Å². The maximum Gasteiger partial charge on any atom is 0.194 e. The van der Waals surface area contributed by atoms with Crippen molar-refractivity contribution in [2.75, 3.05) is 7.05 Å². The third-order valence-corrected chi connectivity index (χ3v) is 2.83. The Hall–Kier alpha value is -1.47. The molecule has 0 saturated heterocycles. The molecule has 0 aliphatic carbocycles. The van der Waals surface area contributed by atoms with E-state index < -0.39 is 23.5 Å². The minimum absolute atomic E-state index is 0.000833. The third-order valence-electron chi connectivity index (χ3n) is 2.34. The lowest BCUT2D eigenvalue weighted by molar-refractivity contribution is 0.434. The largest absolute Gasteiger partial charge is 0.308 e. The third kappa shape index (κ3) is 2.16. The Morgan fingerprint density at radius 2 is 2.00 bits per heavy atom. The van der Waals surface area contributed by atoms with Crippen LogP contribution in [0.2, 0.25) is 0 Å². The van der Waals surface area contributed by atoms with Crippen LogP contribution in [0.25, 0.3) is 0 Å². The average molecular weight is 259 g/mol. The molecule has 1 aromatic carbocycles. The van der Waals surface area contributed by atoms with Crippen LogP contribution in [-0.2, 0) is 0 Å². The summed E-state index contributed by atoms with van der Waals surface area (Å²) in [5.41, 5.74) is 0.460. The van der Waals surface area contributed by atoms with Crippen LogP contribution in [0.5, 0.6) is 0 Å². The number of benzene rings is 1. The summed E-state index contributed by atoms with van der Waals surface area (Å²) in [6.45, 7) is 0. The van der Waals surface area contributed by atoms with E-state index in [4.69, 9.17) is 0 Å². The molecular formula is C10H8F3N3S. The van der Waals surface area contributed by atoms with E-state index >= 15 is 0 Å². The monoisotopic (exact) mass is 259 g/mol. The van der Waals surface area contributed by atoms with Crippen LogP contribution in [0.1, 0.15) is 17.3 Å². The van der Waals surface area contributed by atoms with Crippen LogP contribution < -0.4 is 5.32 Å². The molecule has 0 fully saturated rings. The molecule has 1 N–H and O–H groups in total. The van der Waals surface area contributed by atoms with Crippen LogP contribution in [0.15, 0.2) is 18.3 Å². The number of hydrogen-bond donors (Lipinski definition) is 1. The van der Waals surface area contributed by atoms with Gasteiger partial charge in [-0.05, 0) is 13.1 Å². The molecule has 2 aromatic rings. The summed E-state index contributed by atoms with van der Waals surface area (Å²) in [7, 11) is 1.57. The van der Waals surface area contributed by atoms with Crippen LogP contribution >= 0.6 is 11.7 Å². The molecule has 1 aromatic heterocycles. The first-order valence-electron chi connectivity index (χ1n) is 4.73. The van der Waals surface area contributed by atoms with Crippen molar-refractivity contribution in [3.63, 3.8) is 0 Å². The molecule has 0 bridgehead atoms. The Labute approximate surface area is 99.6 Å². The summed E-state index contributed by atoms with van der Waals surface area (Å²) in [6.07, 6.45) is 1.45. The SMILES string of the molecule is CNC(c1cnsn1)c1ccc(F)c(F)c1F. The summed E-state index contributed by atoms with van der Waals surface area (Å²) in [5.74, 6) is -3.90. The van der Waals surface area contributed by atoms with Crippen LogP contribution in [0, 0.1) is 17.5 Å². The molecule has 2 rings (SSSR count). The van der Waals surface area contributed by atoms with Crippen LogP contribution in [0.4, 0.5) is 13.2 Å². The zero-order valence-electron chi connectivity index (χ0n) is 8.75. The van der Waals surface area contributed by atoms with Crippen LogP contribution in [-0.4, -0.2) is 15.8 Å². The smallest absolute Gasteiger partial charge is 0.194 e. The second-order valence-electron chi connectivity index (χ2n) is 3.32. The molecule has 1 heterocycles.